The van der Waals surface area contributed by atoms with Gasteiger partial charge in [-0.15, -0.1) is 0 Å². The Morgan fingerprint density at radius 1 is 1.40 bits per heavy atom. The number of carbonyl (C=O) groups is 1. The molecular formula is C13H13ClN4O2. The molecule has 0 aliphatic rings. The molecule has 0 atom stereocenters. The van der Waals surface area contributed by atoms with Crippen molar-refractivity contribution in [1.29, 1.82) is 0 Å². The average Bonchev–Trinajstić information content (AvgIpc) is 2.44. The van der Waals surface area contributed by atoms with Gasteiger partial charge in [0.2, 0.25) is 5.88 Å². The zero-order valence-corrected chi connectivity index (χ0v) is 11.5. The molecule has 2 rings (SSSR count). The normalized spacial score (nSPS) is 10.1. The maximum absolute atomic E-state index is 12.0. The van der Waals surface area contributed by atoms with Crippen LogP contribution in [-0.2, 0) is 0 Å². The van der Waals surface area contributed by atoms with Crippen LogP contribution in [0.2, 0.25) is 5.15 Å². The molecule has 0 bridgehead atoms. The van der Waals surface area contributed by atoms with Crippen LogP contribution in [0.4, 0.5) is 11.4 Å². The van der Waals surface area contributed by atoms with Gasteiger partial charge in [0.25, 0.3) is 5.91 Å². The number of rotatable bonds is 4. The van der Waals surface area contributed by atoms with E-state index in [2.05, 4.69) is 15.3 Å². The predicted molar refractivity (Wildman–Crippen MR) is 77.0 cm³/mol. The average molecular weight is 293 g/mol. The smallest absolute Gasteiger partial charge is 0.258 e. The van der Waals surface area contributed by atoms with Gasteiger partial charge >= 0.3 is 0 Å². The molecule has 0 spiro atoms. The van der Waals surface area contributed by atoms with E-state index in [0.717, 1.165) is 0 Å². The number of ether oxygens (including phenoxy) is 1. The van der Waals surface area contributed by atoms with Gasteiger partial charge in [-0.05, 0) is 19.1 Å². The van der Waals surface area contributed by atoms with Crippen LogP contribution in [0.15, 0.2) is 30.6 Å². The molecule has 0 radical (unpaired) electrons. The van der Waals surface area contributed by atoms with E-state index in [-0.39, 0.29) is 10.7 Å². The third kappa shape index (κ3) is 3.36. The molecule has 7 heteroatoms. The third-order valence-corrected chi connectivity index (χ3v) is 2.69. The summed E-state index contributed by atoms with van der Waals surface area (Å²) in [5.74, 6) is 0.0925. The summed E-state index contributed by atoms with van der Waals surface area (Å²) in [4.78, 5) is 19.9. The van der Waals surface area contributed by atoms with E-state index in [1.54, 1.807) is 12.1 Å². The maximum atomic E-state index is 12.0. The Labute approximate surface area is 120 Å². The van der Waals surface area contributed by atoms with Crippen molar-refractivity contribution < 1.29 is 9.53 Å². The summed E-state index contributed by atoms with van der Waals surface area (Å²) in [7, 11) is 0. The molecule has 2 aromatic heterocycles. The summed E-state index contributed by atoms with van der Waals surface area (Å²) in [6, 6.07) is 4.81. The number of halogens is 1. The highest BCUT2D eigenvalue weighted by molar-refractivity contribution is 6.33. The first-order chi connectivity index (χ1) is 9.60. The summed E-state index contributed by atoms with van der Waals surface area (Å²) in [5.41, 5.74) is 6.68. The fourth-order valence-corrected chi connectivity index (χ4v) is 1.70. The second-order valence-corrected chi connectivity index (χ2v) is 4.24. The minimum Gasteiger partial charge on any atom is -0.478 e. The number of amides is 1. The summed E-state index contributed by atoms with van der Waals surface area (Å²) in [6.07, 6.45) is 2.88. The van der Waals surface area contributed by atoms with Crippen LogP contribution >= 0.6 is 11.6 Å². The molecule has 104 valence electrons. The highest BCUT2D eigenvalue weighted by atomic mass is 35.5. The molecule has 6 nitrogen and oxygen atoms in total. The largest absolute Gasteiger partial charge is 0.478 e. The topological polar surface area (TPSA) is 90.1 Å². The Morgan fingerprint density at radius 2 is 2.20 bits per heavy atom. The first-order valence-electron chi connectivity index (χ1n) is 5.91. The summed E-state index contributed by atoms with van der Waals surface area (Å²) in [5, 5.41) is 2.75. The lowest BCUT2D eigenvalue weighted by atomic mass is 10.2. The molecule has 0 aliphatic heterocycles. The molecule has 0 aliphatic carbocycles. The van der Waals surface area contributed by atoms with Crippen LogP contribution in [0.3, 0.4) is 0 Å². The molecular weight excluding hydrogens is 280 g/mol. The molecule has 20 heavy (non-hydrogen) atoms. The SMILES string of the molecule is CCOc1ccc(NC(=O)c2cc(N)cnc2Cl)cn1. The Balaban J connectivity index is 2.13. The van der Waals surface area contributed by atoms with Crippen LogP contribution in [0, 0.1) is 0 Å². The minimum atomic E-state index is -0.402. The number of aromatic nitrogens is 2. The fourth-order valence-electron chi connectivity index (χ4n) is 1.51. The molecule has 0 fully saturated rings. The van der Waals surface area contributed by atoms with Crippen molar-refractivity contribution in [2.24, 2.45) is 0 Å². The van der Waals surface area contributed by atoms with Crippen molar-refractivity contribution in [2.75, 3.05) is 17.7 Å². The van der Waals surface area contributed by atoms with E-state index in [1.807, 2.05) is 6.92 Å². The zero-order chi connectivity index (χ0) is 14.5. The number of anilines is 2. The van der Waals surface area contributed by atoms with E-state index < -0.39 is 5.91 Å². The van der Waals surface area contributed by atoms with Gasteiger partial charge in [0, 0.05) is 6.07 Å². The van der Waals surface area contributed by atoms with E-state index in [1.165, 1.54) is 18.5 Å². The van der Waals surface area contributed by atoms with Crippen molar-refractivity contribution in [3.8, 4) is 5.88 Å². The van der Waals surface area contributed by atoms with Crippen LogP contribution in [-0.4, -0.2) is 22.5 Å². The van der Waals surface area contributed by atoms with E-state index in [9.17, 15) is 4.79 Å². The number of nitrogens with zero attached hydrogens (tertiary/aromatic N) is 2. The highest BCUT2D eigenvalue weighted by Crippen LogP contribution is 2.18. The molecule has 0 saturated heterocycles. The molecule has 3 N–H and O–H groups in total. The van der Waals surface area contributed by atoms with Gasteiger partial charge in [0.05, 0.1) is 35.9 Å². The number of pyridine rings is 2. The van der Waals surface area contributed by atoms with Gasteiger partial charge in [0.1, 0.15) is 5.15 Å². The number of nitrogens with one attached hydrogen (secondary N) is 1. The Hall–Kier alpha value is -2.34. The molecule has 0 unspecified atom stereocenters. The van der Waals surface area contributed by atoms with E-state index >= 15 is 0 Å². The van der Waals surface area contributed by atoms with Crippen LogP contribution in [0.5, 0.6) is 5.88 Å². The van der Waals surface area contributed by atoms with Crippen LogP contribution in [0.25, 0.3) is 0 Å². The van der Waals surface area contributed by atoms with E-state index in [4.69, 9.17) is 22.1 Å². The second-order valence-electron chi connectivity index (χ2n) is 3.88. The summed E-state index contributed by atoms with van der Waals surface area (Å²) < 4.78 is 5.21. The van der Waals surface area contributed by atoms with Gasteiger partial charge in [-0.3, -0.25) is 4.79 Å². The number of hydrogen-bond acceptors (Lipinski definition) is 5. The summed E-state index contributed by atoms with van der Waals surface area (Å²) >= 11 is 5.86. The lowest BCUT2D eigenvalue weighted by molar-refractivity contribution is 0.102. The first kappa shape index (κ1) is 14.1. The minimum absolute atomic E-state index is 0.0931. The van der Waals surface area contributed by atoms with Gasteiger partial charge < -0.3 is 15.8 Å². The second kappa shape index (κ2) is 6.21. The quantitative estimate of drug-likeness (QED) is 0.844. The van der Waals surface area contributed by atoms with Crippen LogP contribution < -0.4 is 15.8 Å². The Morgan fingerprint density at radius 3 is 2.85 bits per heavy atom. The highest BCUT2D eigenvalue weighted by Gasteiger charge is 2.12. The number of carbonyl (C=O) groups excluding carboxylic acids is 1. The lowest BCUT2D eigenvalue weighted by Gasteiger charge is -2.07. The Kier molecular flexibility index (Phi) is 4.37. The molecule has 1 amide bonds. The zero-order valence-electron chi connectivity index (χ0n) is 10.8. The first-order valence-corrected chi connectivity index (χ1v) is 6.29. The van der Waals surface area contributed by atoms with Crippen molar-refractivity contribution in [1.82, 2.24) is 9.97 Å². The van der Waals surface area contributed by atoms with Gasteiger partial charge in [-0.2, -0.15) is 0 Å². The molecule has 0 aromatic carbocycles. The Bertz CT molecular complexity index is 616. The fraction of sp³-hybridized carbons (Fsp3) is 0.154. The summed E-state index contributed by atoms with van der Waals surface area (Å²) in [6.45, 7) is 2.40. The number of nitrogens with two attached hydrogens (primary N) is 1. The number of hydrogen-bond donors (Lipinski definition) is 2. The molecule has 2 heterocycles. The van der Waals surface area contributed by atoms with Crippen LogP contribution in [0.1, 0.15) is 17.3 Å². The van der Waals surface area contributed by atoms with Crippen molar-refractivity contribution in [3.63, 3.8) is 0 Å². The van der Waals surface area contributed by atoms with Crippen molar-refractivity contribution in [2.45, 2.75) is 6.92 Å². The van der Waals surface area contributed by atoms with Gasteiger partial charge in [-0.25, -0.2) is 9.97 Å². The molecule has 0 saturated carbocycles. The monoisotopic (exact) mass is 292 g/mol. The van der Waals surface area contributed by atoms with Crippen molar-refractivity contribution >= 4 is 28.9 Å². The predicted octanol–water partition coefficient (Wildman–Crippen LogP) is 2.36. The van der Waals surface area contributed by atoms with Gasteiger partial charge in [0.15, 0.2) is 0 Å². The third-order valence-electron chi connectivity index (χ3n) is 2.39. The maximum Gasteiger partial charge on any atom is 0.258 e. The van der Waals surface area contributed by atoms with Gasteiger partial charge in [-0.1, -0.05) is 11.6 Å². The number of nitrogen functional groups attached to an aromatic ring is 1. The molecule has 2 aromatic rings. The van der Waals surface area contributed by atoms with Crippen molar-refractivity contribution in [3.05, 3.63) is 41.3 Å². The van der Waals surface area contributed by atoms with E-state index in [0.29, 0.717) is 23.9 Å². The standard InChI is InChI=1S/C13H13ClN4O2/c1-2-20-11-4-3-9(7-16-11)18-13(19)10-5-8(15)6-17-12(10)14/h3-7H,2,15H2,1H3,(H,18,19). The lowest BCUT2D eigenvalue weighted by Crippen LogP contribution is -2.13.